The highest BCUT2D eigenvalue weighted by Gasteiger charge is 2.31. The van der Waals surface area contributed by atoms with E-state index in [1.807, 2.05) is 0 Å². The molecule has 3 heteroatoms. The number of nitrogens with one attached hydrogen (secondary N) is 1. The second-order valence-electron chi connectivity index (χ2n) is 6.61. The molecule has 1 saturated heterocycles. The molecule has 21 heavy (non-hydrogen) atoms. The van der Waals surface area contributed by atoms with Gasteiger partial charge in [0.1, 0.15) is 0 Å². The summed E-state index contributed by atoms with van der Waals surface area (Å²) in [7, 11) is 0. The predicted octanol–water partition coefficient (Wildman–Crippen LogP) is 4.47. The van der Waals surface area contributed by atoms with Crippen LogP contribution in [0.3, 0.4) is 0 Å². The van der Waals surface area contributed by atoms with Crippen molar-refractivity contribution in [3.63, 3.8) is 0 Å². The summed E-state index contributed by atoms with van der Waals surface area (Å²) in [6.07, 6.45) is 7.08. The predicted molar refractivity (Wildman–Crippen MR) is 91.1 cm³/mol. The lowest BCUT2D eigenvalue weighted by Gasteiger charge is -2.42. The molecular weight excluding hydrogens is 280 g/mol. The van der Waals surface area contributed by atoms with Crippen LogP contribution in [0.4, 0.5) is 5.69 Å². The van der Waals surface area contributed by atoms with Gasteiger partial charge in [-0.3, -0.25) is 0 Å². The second-order valence-corrected chi connectivity index (χ2v) is 7.01. The average molecular weight is 307 g/mol. The standard InChI is InChI=1S/C18H27ClN2/c1-2-20-12-14-7-8-18(17(19)11-14)21-10-9-15-5-3-4-6-16(15)13-21/h7-8,11,15-16,20H,2-6,9-10,12-13H2,1H3. The summed E-state index contributed by atoms with van der Waals surface area (Å²) >= 11 is 6.55. The van der Waals surface area contributed by atoms with Crippen molar-refractivity contribution in [2.45, 2.75) is 45.6 Å². The van der Waals surface area contributed by atoms with Gasteiger partial charge in [0.25, 0.3) is 0 Å². The van der Waals surface area contributed by atoms with E-state index in [4.69, 9.17) is 11.6 Å². The van der Waals surface area contributed by atoms with E-state index in [0.717, 1.165) is 29.9 Å². The lowest BCUT2D eigenvalue weighted by atomic mass is 9.75. The van der Waals surface area contributed by atoms with Crippen LogP contribution in [0, 0.1) is 11.8 Å². The van der Waals surface area contributed by atoms with Crippen LogP contribution in [-0.4, -0.2) is 19.6 Å². The van der Waals surface area contributed by atoms with E-state index in [-0.39, 0.29) is 0 Å². The molecule has 1 aromatic rings. The van der Waals surface area contributed by atoms with Crippen LogP contribution in [0.15, 0.2) is 18.2 Å². The number of fused-ring (bicyclic) bond motifs is 1. The Hall–Kier alpha value is -0.730. The van der Waals surface area contributed by atoms with E-state index in [1.54, 1.807) is 0 Å². The topological polar surface area (TPSA) is 15.3 Å². The summed E-state index contributed by atoms with van der Waals surface area (Å²) in [6.45, 7) is 6.41. The molecular formula is C18H27ClN2. The summed E-state index contributed by atoms with van der Waals surface area (Å²) in [5.41, 5.74) is 2.51. The Labute approximate surface area is 133 Å². The highest BCUT2D eigenvalue weighted by molar-refractivity contribution is 6.33. The molecule has 3 rings (SSSR count). The Kier molecular flexibility index (Phi) is 5.07. The number of nitrogens with zero attached hydrogens (tertiary/aromatic N) is 1. The fourth-order valence-corrected chi connectivity index (χ4v) is 4.33. The van der Waals surface area contributed by atoms with E-state index in [2.05, 4.69) is 35.3 Å². The highest BCUT2D eigenvalue weighted by atomic mass is 35.5. The minimum atomic E-state index is 0.894. The van der Waals surface area contributed by atoms with Crippen LogP contribution >= 0.6 is 11.6 Å². The van der Waals surface area contributed by atoms with Crippen molar-refractivity contribution in [1.82, 2.24) is 5.32 Å². The Balaban J connectivity index is 1.68. The Morgan fingerprint density at radius 1 is 1.19 bits per heavy atom. The third kappa shape index (κ3) is 3.54. The summed E-state index contributed by atoms with van der Waals surface area (Å²) < 4.78 is 0. The van der Waals surface area contributed by atoms with Gasteiger partial charge in [-0.1, -0.05) is 43.9 Å². The molecule has 0 aromatic heterocycles. The SMILES string of the molecule is CCNCc1ccc(N2CCC3CCCCC3C2)c(Cl)c1. The van der Waals surface area contributed by atoms with Crippen LogP contribution in [0.25, 0.3) is 0 Å². The summed E-state index contributed by atoms with van der Waals surface area (Å²) in [4.78, 5) is 2.52. The van der Waals surface area contributed by atoms with E-state index >= 15 is 0 Å². The van der Waals surface area contributed by atoms with E-state index < -0.39 is 0 Å². The van der Waals surface area contributed by atoms with Crippen LogP contribution in [-0.2, 0) is 6.54 Å². The quantitative estimate of drug-likeness (QED) is 0.883. The number of halogens is 1. The first-order chi connectivity index (χ1) is 10.3. The van der Waals surface area contributed by atoms with E-state index in [0.29, 0.717) is 0 Å². The second kappa shape index (κ2) is 7.02. The van der Waals surface area contributed by atoms with E-state index in [9.17, 15) is 0 Å². The van der Waals surface area contributed by atoms with Gasteiger partial charge in [0.15, 0.2) is 0 Å². The Morgan fingerprint density at radius 2 is 2.00 bits per heavy atom. The highest BCUT2D eigenvalue weighted by Crippen LogP contribution is 2.39. The molecule has 2 nitrogen and oxygen atoms in total. The van der Waals surface area contributed by atoms with Crippen LogP contribution in [0.1, 0.15) is 44.6 Å². The molecule has 0 amide bonds. The number of rotatable bonds is 4. The number of piperidine rings is 1. The van der Waals surface area contributed by atoms with Gasteiger partial charge in [-0.05, 0) is 48.9 Å². The maximum Gasteiger partial charge on any atom is 0.0642 e. The normalized spacial score (nSPS) is 25.7. The monoisotopic (exact) mass is 306 g/mol. The van der Waals surface area contributed by atoms with Gasteiger partial charge >= 0.3 is 0 Å². The van der Waals surface area contributed by atoms with Gasteiger partial charge in [0.2, 0.25) is 0 Å². The molecule has 2 atom stereocenters. The molecule has 1 aliphatic heterocycles. The lowest BCUT2D eigenvalue weighted by molar-refractivity contribution is 0.202. The lowest BCUT2D eigenvalue weighted by Crippen LogP contribution is -2.41. The third-order valence-electron chi connectivity index (χ3n) is 5.22. The third-order valence-corrected chi connectivity index (χ3v) is 5.53. The largest absolute Gasteiger partial charge is 0.370 e. The maximum atomic E-state index is 6.55. The Bertz CT molecular complexity index is 474. The number of anilines is 1. The Morgan fingerprint density at radius 3 is 2.76 bits per heavy atom. The fraction of sp³-hybridized carbons (Fsp3) is 0.667. The van der Waals surface area contributed by atoms with Gasteiger partial charge in [-0.25, -0.2) is 0 Å². The van der Waals surface area contributed by atoms with E-state index in [1.165, 1.54) is 56.4 Å². The molecule has 1 N–H and O–H groups in total. The summed E-state index contributed by atoms with van der Waals surface area (Å²) in [6, 6.07) is 6.57. The van der Waals surface area contributed by atoms with Crippen LogP contribution in [0.2, 0.25) is 5.02 Å². The smallest absolute Gasteiger partial charge is 0.0642 e. The van der Waals surface area contributed by atoms with Gasteiger partial charge in [0, 0.05) is 19.6 Å². The molecule has 0 bridgehead atoms. The van der Waals surface area contributed by atoms with Crippen molar-refractivity contribution < 1.29 is 0 Å². The van der Waals surface area contributed by atoms with Crippen LogP contribution in [0.5, 0.6) is 0 Å². The van der Waals surface area contributed by atoms with Crippen molar-refractivity contribution in [2.24, 2.45) is 11.8 Å². The van der Waals surface area contributed by atoms with Gasteiger partial charge in [-0.2, -0.15) is 0 Å². The first kappa shape index (κ1) is 15.2. The van der Waals surface area contributed by atoms with Gasteiger partial charge < -0.3 is 10.2 Å². The minimum Gasteiger partial charge on any atom is -0.370 e. The summed E-state index contributed by atoms with van der Waals surface area (Å²) in [5, 5.41) is 4.27. The van der Waals surface area contributed by atoms with Crippen molar-refractivity contribution in [1.29, 1.82) is 0 Å². The zero-order chi connectivity index (χ0) is 14.7. The van der Waals surface area contributed by atoms with Gasteiger partial charge in [-0.15, -0.1) is 0 Å². The first-order valence-electron chi connectivity index (χ1n) is 8.52. The molecule has 1 heterocycles. The fourth-order valence-electron chi connectivity index (χ4n) is 4.01. The van der Waals surface area contributed by atoms with Crippen molar-refractivity contribution >= 4 is 17.3 Å². The minimum absolute atomic E-state index is 0.894. The zero-order valence-electron chi connectivity index (χ0n) is 13.1. The maximum absolute atomic E-state index is 6.55. The molecule has 2 fully saturated rings. The molecule has 1 saturated carbocycles. The molecule has 2 aliphatic rings. The molecule has 2 unspecified atom stereocenters. The van der Waals surface area contributed by atoms with Crippen molar-refractivity contribution in [2.75, 3.05) is 24.5 Å². The number of benzene rings is 1. The first-order valence-corrected chi connectivity index (χ1v) is 8.90. The molecule has 1 aromatic carbocycles. The van der Waals surface area contributed by atoms with Crippen molar-refractivity contribution in [3.05, 3.63) is 28.8 Å². The summed E-state index contributed by atoms with van der Waals surface area (Å²) in [5.74, 6) is 1.87. The average Bonchev–Trinajstić information content (AvgIpc) is 2.52. The molecule has 1 aliphatic carbocycles. The molecule has 116 valence electrons. The number of hydrogen-bond acceptors (Lipinski definition) is 2. The molecule has 0 spiro atoms. The molecule has 0 radical (unpaired) electrons. The number of hydrogen-bond donors (Lipinski definition) is 1. The van der Waals surface area contributed by atoms with Crippen LogP contribution < -0.4 is 10.2 Å². The van der Waals surface area contributed by atoms with Gasteiger partial charge in [0.05, 0.1) is 10.7 Å². The zero-order valence-corrected chi connectivity index (χ0v) is 13.8. The van der Waals surface area contributed by atoms with Crippen molar-refractivity contribution in [3.8, 4) is 0 Å².